The summed E-state index contributed by atoms with van der Waals surface area (Å²) in [6.45, 7) is 2.03. The van der Waals surface area contributed by atoms with Gasteiger partial charge in [-0.1, -0.05) is 6.07 Å². The van der Waals surface area contributed by atoms with E-state index < -0.39 is 0 Å². The molecule has 0 spiro atoms. The number of methoxy groups -OCH3 is 1. The standard InChI is InChI=1S/C20H24N2O2/c1-22-9-3-4-17(22)10-16-13-24-19-6-5-14(11-18(16)19)15-7-8-21-20(12-15)23-2/h5-8,11-12,16-17H,3-4,9-10,13H2,1-2H3/t16?,17-/m1/s1. The van der Waals surface area contributed by atoms with Crippen LogP contribution in [0.3, 0.4) is 0 Å². The summed E-state index contributed by atoms with van der Waals surface area (Å²) in [5.74, 6) is 2.19. The Bertz CT molecular complexity index is 731. The van der Waals surface area contributed by atoms with Gasteiger partial charge in [0.05, 0.1) is 13.7 Å². The normalized spacial score (nSPS) is 23.1. The molecule has 0 bridgehead atoms. The van der Waals surface area contributed by atoms with E-state index in [1.54, 1.807) is 13.3 Å². The molecular formula is C20H24N2O2. The van der Waals surface area contributed by atoms with Gasteiger partial charge in [-0.2, -0.15) is 0 Å². The lowest BCUT2D eigenvalue weighted by atomic mass is 9.91. The third kappa shape index (κ3) is 2.86. The van der Waals surface area contributed by atoms with E-state index in [-0.39, 0.29) is 0 Å². The van der Waals surface area contributed by atoms with Crippen LogP contribution in [0.25, 0.3) is 11.1 Å². The van der Waals surface area contributed by atoms with Gasteiger partial charge in [0.2, 0.25) is 5.88 Å². The van der Waals surface area contributed by atoms with Crippen molar-refractivity contribution in [3.63, 3.8) is 0 Å². The number of rotatable bonds is 4. The summed E-state index contributed by atoms with van der Waals surface area (Å²) < 4.78 is 11.2. The molecule has 3 heterocycles. The van der Waals surface area contributed by atoms with E-state index in [1.165, 1.54) is 36.9 Å². The Morgan fingerprint density at radius 2 is 2.12 bits per heavy atom. The van der Waals surface area contributed by atoms with Gasteiger partial charge in [-0.15, -0.1) is 0 Å². The third-order valence-electron chi connectivity index (χ3n) is 5.40. The number of ether oxygens (including phenoxy) is 2. The van der Waals surface area contributed by atoms with E-state index >= 15 is 0 Å². The molecule has 1 unspecified atom stereocenters. The minimum atomic E-state index is 0.495. The number of hydrogen-bond acceptors (Lipinski definition) is 4. The van der Waals surface area contributed by atoms with E-state index in [9.17, 15) is 0 Å². The second-order valence-electron chi connectivity index (χ2n) is 6.86. The van der Waals surface area contributed by atoms with Crippen LogP contribution >= 0.6 is 0 Å². The molecule has 0 saturated carbocycles. The summed E-state index contributed by atoms with van der Waals surface area (Å²) in [5, 5.41) is 0. The van der Waals surface area contributed by atoms with E-state index in [0.717, 1.165) is 17.9 Å². The van der Waals surface area contributed by atoms with Crippen LogP contribution in [-0.2, 0) is 0 Å². The van der Waals surface area contributed by atoms with E-state index in [2.05, 4.69) is 35.1 Å². The van der Waals surface area contributed by atoms with Gasteiger partial charge in [0, 0.05) is 29.8 Å². The van der Waals surface area contributed by atoms with Gasteiger partial charge in [0.15, 0.2) is 0 Å². The van der Waals surface area contributed by atoms with Crippen LogP contribution in [0.1, 0.15) is 30.7 Å². The van der Waals surface area contributed by atoms with Crippen molar-refractivity contribution < 1.29 is 9.47 Å². The Hall–Kier alpha value is -2.07. The molecular weight excluding hydrogens is 300 g/mol. The first-order chi connectivity index (χ1) is 11.7. The van der Waals surface area contributed by atoms with Gasteiger partial charge in [-0.25, -0.2) is 4.98 Å². The summed E-state index contributed by atoms with van der Waals surface area (Å²) >= 11 is 0. The molecule has 2 atom stereocenters. The van der Waals surface area contributed by atoms with Crippen LogP contribution in [0.4, 0.5) is 0 Å². The number of fused-ring (bicyclic) bond motifs is 1. The van der Waals surface area contributed by atoms with Crippen molar-refractivity contribution in [1.29, 1.82) is 0 Å². The van der Waals surface area contributed by atoms with Gasteiger partial charge in [0.1, 0.15) is 5.75 Å². The van der Waals surface area contributed by atoms with Crippen LogP contribution in [0.5, 0.6) is 11.6 Å². The largest absolute Gasteiger partial charge is 0.493 e. The van der Waals surface area contributed by atoms with E-state index in [4.69, 9.17) is 9.47 Å². The summed E-state index contributed by atoms with van der Waals surface area (Å²) in [7, 11) is 3.89. The van der Waals surface area contributed by atoms with Crippen molar-refractivity contribution in [2.45, 2.75) is 31.2 Å². The molecule has 0 radical (unpaired) electrons. The molecule has 1 fully saturated rings. The monoisotopic (exact) mass is 324 g/mol. The highest BCUT2D eigenvalue weighted by Crippen LogP contribution is 2.40. The zero-order chi connectivity index (χ0) is 16.5. The van der Waals surface area contributed by atoms with Crippen molar-refractivity contribution in [1.82, 2.24) is 9.88 Å². The molecule has 1 aromatic heterocycles. The Labute approximate surface area is 143 Å². The zero-order valence-electron chi connectivity index (χ0n) is 14.4. The Morgan fingerprint density at radius 3 is 2.92 bits per heavy atom. The predicted octanol–water partition coefficient (Wildman–Crippen LogP) is 3.72. The van der Waals surface area contributed by atoms with Crippen LogP contribution in [-0.4, -0.2) is 43.2 Å². The van der Waals surface area contributed by atoms with Crippen molar-refractivity contribution in [2.75, 3.05) is 27.3 Å². The molecule has 0 amide bonds. The Balaban J connectivity index is 1.60. The van der Waals surface area contributed by atoms with E-state index in [1.807, 2.05) is 12.1 Å². The first kappa shape index (κ1) is 15.5. The highest BCUT2D eigenvalue weighted by atomic mass is 16.5. The van der Waals surface area contributed by atoms with Gasteiger partial charge in [-0.3, -0.25) is 0 Å². The number of pyridine rings is 1. The summed E-state index contributed by atoms with van der Waals surface area (Å²) in [6, 6.07) is 11.2. The first-order valence-electron chi connectivity index (χ1n) is 8.72. The van der Waals surface area contributed by atoms with Gasteiger partial charge in [0.25, 0.3) is 0 Å². The molecule has 2 aliphatic rings. The molecule has 24 heavy (non-hydrogen) atoms. The molecule has 126 valence electrons. The molecule has 4 heteroatoms. The number of aromatic nitrogens is 1. The number of nitrogens with zero attached hydrogens (tertiary/aromatic N) is 2. The lowest BCUT2D eigenvalue weighted by Gasteiger charge is -2.22. The molecule has 2 aromatic rings. The average Bonchev–Trinajstić information content (AvgIpc) is 3.21. The van der Waals surface area contributed by atoms with Crippen molar-refractivity contribution in [2.24, 2.45) is 0 Å². The maximum absolute atomic E-state index is 5.94. The topological polar surface area (TPSA) is 34.6 Å². The smallest absolute Gasteiger partial charge is 0.213 e. The highest BCUT2D eigenvalue weighted by molar-refractivity contribution is 5.67. The van der Waals surface area contributed by atoms with Crippen LogP contribution in [0.2, 0.25) is 0 Å². The minimum absolute atomic E-state index is 0.495. The molecule has 2 aliphatic heterocycles. The summed E-state index contributed by atoms with van der Waals surface area (Å²) in [6.07, 6.45) is 5.61. The minimum Gasteiger partial charge on any atom is -0.493 e. The zero-order valence-corrected chi connectivity index (χ0v) is 14.4. The summed E-state index contributed by atoms with van der Waals surface area (Å²) in [5.41, 5.74) is 3.68. The fourth-order valence-corrected chi connectivity index (χ4v) is 3.96. The fourth-order valence-electron chi connectivity index (χ4n) is 3.96. The van der Waals surface area contributed by atoms with Gasteiger partial charge in [-0.05, 0) is 62.2 Å². The Kier molecular flexibility index (Phi) is 4.15. The second-order valence-corrected chi connectivity index (χ2v) is 6.86. The molecule has 4 nitrogen and oxygen atoms in total. The maximum Gasteiger partial charge on any atom is 0.213 e. The first-order valence-corrected chi connectivity index (χ1v) is 8.72. The lowest BCUT2D eigenvalue weighted by Crippen LogP contribution is -2.27. The summed E-state index contributed by atoms with van der Waals surface area (Å²) in [4.78, 5) is 6.69. The maximum atomic E-state index is 5.94. The molecule has 4 rings (SSSR count). The van der Waals surface area contributed by atoms with Crippen molar-refractivity contribution >= 4 is 0 Å². The number of likely N-dealkylation sites (tertiary alicyclic amines) is 1. The van der Waals surface area contributed by atoms with Crippen LogP contribution < -0.4 is 9.47 Å². The van der Waals surface area contributed by atoms with E-state index in [0.29, 0.717) is 17.8 Å². The van der Waals surface area contributed by atoms with Crippen molar-refractivity contribution in [3.8, 4) is 22.8 Å². The van der Waals surface area contributed by atoms with Crippen LogP contribution in [0, 0.1) is 0 Å². The molecule has 1 aromatic carbocycles. The second kappa shape index (κ2) is 6.44. The quantitative estimate of drug-likeness (QED) is 0.858. The predicted molar refractivity (Wildman–Crippen MR) is 94.7 cm³/mol. The fraction of sp³-hybridized carbons (Fsp3) is 0.450. The highest BCUT2D eigenvalue weighted by Gasteiger charge is 2.30. The molecule has 0 N–H and O–H groups in total. The van der Waals surface area contributed by atoms with Crippen molar-refractivity contribution in [3.05, 3.63) is 42.1 Å². The number of benzene rings is 1. The van der Waals surface area contributed by atoms with Gasteiger partial charge >= 0.3 is 0 Å². The molecule has 0 aliphatic carbocycles. The lowest BCUT2D eigenvalue weighted by molar-refractivity contribution is 0.257. The van der Waals surface area contributed by atoms with Crippen LogP contribution in [0.15, 0.2) is 36.5 Å². The Morgan fingerprint density at radius 1 is 1.25 bits per heavy atom. The average molecular weight is 324 g/mol. The number of hydrogen-bond donors (Lipinski definition) is 0. The SMILES string of the molecule is COc1cc(-c2ccc3c(c2)C(C[C@H]2CCCN2C)CO3)ccn1. The van der Waals surface area contributed by atoms with Gasteiger partial charge < -0.3 is 14.4 Å². The third-order valence-corrected chi connectivity index (χ3v) is 5.40. The molecule has 1 saturated heterocycles.